The van der Waals surface area contributed by atoms with Crippen LogP contribution in [0.15, 0.2) is 18.3 Å². The lowest BCUT2D eigenvalue weighted by Gasteiger charge is -2.07. The van der Waals surface area contributed by atoms with E-state index in [2.05, 4.69) is 15.1 Å². The highest BCUT2D eigenvalue weighted by Gasteiger charge is 2.36. The molecule has 0 amide bonds. The minimum absolute atomic E-state index is 0.0547. The Morgan fingerprint density at radius 1 is 1.05 bits per heavy atom. The molecule has 0 bridgehead atoms. The molecule has 0 unspecified atom stereocenters. The summed E-state index contributed by atoms with van der Waals surface area (Å²) in [5.41, 5.74) is -2.88. The van der Waals surface area contributed by atoms with Gasteiger partial charge in [-0.05, 0) is 24.6 Å². The van der Waals surface area contributed by atoms with Gasteiger partial charge in [0.15, 0.2) is 11.3 Å². The number of aromatic nitrogens is 4. The number of rotatable bonds is 0. The lowest BCUT2D eigenvalue weighted by atomic mass is 10.1. The monoisotopic (exact) mass is 320 g/mol. The molecule has 0 aliphatic heterocycles. The van der Waals surface area contributed by atoms with E-state index in [9.17, 15) is 26.3 Å². The van der Waals surface area contributed by atoms with E-state index in [0.717, 1.165) is 12.3 Å². The number of fused-ring (bicyclic) bond motifs is 3. The van der Waals surface area contributed by atoms with E-state index in [0.29, 0.717) is 10.6 Å². The molecule has 0 aliphatic rings. The molecule has 0 fully saturated rings. The quantitative estimate of drug-likeness (QED) is 0.594. The Balaban J connectivity index is 2.42. The van der Waals surface area contributed by atoms with Gasteiger partial charge in [0.1, 0.15) is 11.4 Å². The molecule has 0 aromatic carbocycles. The number of nitrogens with zero attached hydrogens (tertiary/aromatic N) is 4. The molecule has 0 atom stereocenters. The maximum atomic E-state index is 12.9. The van der Waals surface area contributed by atoms with Crippen molar-refractivity contribution in [1.29, 1.82) is 0 Å². The molecule has 3 rings (SSSR count). The van der Waals surface area contributed by atoms with Crippen LogP contribution in [0.1, 0.15) is 17.0 Å². The van der Waals surface area contributed by atoms with Gasteiger partial charge in [0.05, 0.1) is 5.39 Å². The number of alkyl halides is 6. The number of pyridine rings is 1. The summed E-state index contributed by atoms with van der Waals surface area (Å²) in [5, 5.41) is 3.59. The largest absolute Gasteiger partial charge is 0.433 e. The fourth-order valence-electron chi connectivity index (χ4n) is 2.15. The smallest absolute Gasteiger partial charge is 0.236 e. The van der Waals surface area contributed by atoms with Crippen molar-refractivity contribution >= 4 is 16.7 Å². The highest BCUT2D eigenvalue weighted by molar-refractivity contribution is 5.92. The molecule has 0 saturated carbocycles. The molecular formula is C12H6F6N4. The first-order valence-electron chi connectivity index (χ1n) is 5.88. The molecule has 22 heavy (non-hydrogen) atoms. The van der Waals surface area contributed by atoms with E-state index in [4.69, 9.17) is 0 Å². The molecule has 3 heterocycles. The molecular weight excluding hydrogens is 314 g/mol. The zero-order valence-corrected chi connectivity index (χ0v) is 10.8. The van der Waals surface area contributed by atoms with Crippen LogP contribution in [0.5, 0.6) is 0 Å². The zero-order chi connectivity index (χ0) is 16.3. The Morgan fingerprint density at radius 2 is 1.73 bits per heavy atom. The van der Waals surface area contributed by atoms with Crippen LogP contribution in [0.25, 0.3) is 16.7 Å². The van der Waals surface area contributed by atoms with Gasteiger partial charge < -0.3 is 0 Å². The molecule has 0 radical (unpaired) electrons. The third kappa shape index (κ3) is 2.14. The fraction of sp³-hybridized carbons (Fsp3) is 0.250. The van der Waals surface area contributed by atoms with Gasteiger partial charge >= 0.3 is 12.4 Å². The Hall–Kier alpha value is -2.39. The number of hydrogen-bond acceptors (Lipinski definition) is 3. The standard InChI is InChI=1S/C12H6F6N4/c1-5-4-6(11(13,14)15)20-9-8(5)10-19-3-2-7(12(16,17)18)22(10)21-9/h2-4H,1H3. The molecule has 0 aliphatic carbocycles. The predicted octanol–water partition coefficient (Wildman–Crippen LogP) is 3.62. The zero-order valence-electron chi connectivity index (χ0n) is 10.8. The van der Waals surface area contributed by atoms with Crippen molar-refractivity contribution in [1.82, 2.24) is 19.6 Å². The third-order valence-electron chi connectivity index (χ3n) is 3.05. The summed E-state index contributed by atoms with van der Waals surface area (Å²) in [6, 6.07) is 1.45. The van der Waals surface area contributed by atoms with Crippen LogP contribution < -0.4 is 0 Å². The van der Waals surface area contributed by atoms with Crippen molar-refractivity contribution in [3.8, 4) is 0 Å². The molecule has 0 saturated heterocycles. The summed E-state index contributed by atoms with van der Waals surface area (Å²) in [4.78, 5) is 7.08. The van der Waals surface area contributed by atoms with Crippen molar-refractivity contribution in [3.05, 3.63) is 35.3 Å². The first-order valence-corrected chi connectivity index (χ1v) is 5.88. The lowest BCUT2D eigenvalue weighted by Crippen LogP contribution is -2.12. The van der Waals surface area contributed by atoms with Gasteiger partial charge in [-0.25, -0.2) is 14.5 Å². The molecule has 10 heteroatoms. The van der Waals surface area contributed by atoms with Gasteiger partial charge in [0, 0.05) is 6.20 Å². The first-order chi connectivity index (χ1) is 10.1. The van der Waals surface area contributed by atoms with Crippen LogP contribution in [0.2, 0.25) is 0 Å². The van der Waals surface area contributed by atoms with Gasteiger partial charge in [0.2, 0.25) is 0 Å². The highest BCUT2D eigenvalue weighted by atomic mass is 19.4. The Kier molecular flexibility index (Phi) is 2.85. The molecule has 3 aromatic heterocycles. The summed E-state index contributed by atoms with van der Waals surface area (Å²) < 4.78 is 77.4. The van der Waals surface area contributed by atoms with Gasteiger partial charge in [-0.15, -0.1) is 5.10 Å². The van der Waals surface area contributed by atoms with Crippen molar-refractivity contribution in [2.75, 3.05) is 0 Å². The SMILES string of the molecule is Cc1cc(C(F)(F)F)nc2nn3c(C(F)(F)F)ccnc3c12. The van der Waals surface area contributed by atoms with E-state index >= 15 is 0 Å². The third-order valence-corrected chi connectivity index (χ3v) is 3.05. The molecule has 116 valence electrons. The minimum atomic E-state index is -4.72. The maximum absolute atomic E-state index is 12.9. The summed E-state index contributed by atoms with van der Waals surface area (Å²) in [6.07, 6.45) is -8.50. The van der Waals surface area contributed by atoms with Gasteiger partial charge in [-0.1, -0.05) is 0 Å². The molecule has 0 spiro atoms. The van der Waals surface area contributed by atoms with E-state index in [1.165, 1.54) is 6.92 Å². The van der Waals surface area contributed by atoms with Crippen molar-refractivity contribution in [2.45, 2.75) is 19.3 Å². The number of aryl methyl sites for hydroxylation is 1. The average Bonchev–Trinajstić information content (AvgIpc) is 2.74. The van der Waals surface area contributed by atoms with Gasteiger partial charge in [0.25, 0.3) is 0 Å². The Labute approximate surface area is 118 Å². The second-order valence-electron chi connectivity index (χ2n) is 4.58. The van der Waals surface area contributed by atoms with Crippen LogP contribution in [-0.2, 0) is 12.4 Å². The summed E-state index contributed by atoms with van der Waals surface area (Å²) in [5.74, 6) is 0. The van der Waals surface area contributed by atoms with E-state index < -0.39 is 29.4 Å². The van der Waals surface area contributed by atoms with E-state index in [1.54, 1.807) is 0 Å². The van der Waals surface area contributed by atoms with Crippen LogP contribution >= 0.6 is 0 Å². The Morgan fingerprint density at radius 3 is 2.32 bits per heavy atom. The van der Waals surface area contributed by atoms with Crippen molar-refractivity contribution in [2.24, 2.45) is 0 Å². The van der Waals surface area contributed by atoms with E-state index in [1.807, 2.05) is 0 Å². The molecule has 3 aromatic rings. The maximum Gasteiger partial charge on any atom is 0.433 e. The van der Waals surface area contributed by atoms with Crippen LogP contribution in [-0.4, -0.2) is 19.6 Å². The second-order valence-corrected chi connectivity index (χ2v) is 4.58. The minimum Gasteiger partial charge on any atom is -0.236 e. The Bertz CT molecular complexity index is 877. The predicted molar refractivity (Wildman–Crippen MR) is 63.0 cm³/mol. The number of hydrogen-bond donors (Lipinski definition) is 0. The molecule has 0 N–H and O–H groups in total. The van der Waals surface area contributed by atoms with Gasteiger partial charge in [-0.3, -0.25) is 0 Å². The van der Waals surface area contributed by atoms with Crippen LogP contribution in [0, 0.1) is 6.92 Å². The fourth-order valence-corrected chi connectivity index (χ4v) is 2.15. The lowest BCUT2D eigenvalue weighted by molar-refractivity contribution is -0.143. The normalized spacial score (nSPS) is 13.2. The average molecular weight is 320 g/mol. The number of halogens is 6. The summed E-state index contributed by atoms with van der Waals surface area (Å²) in [7, 11) is 0. The summed E-state index contributed by atoms with van der Waals surface area (Å²) in [6.45, 7) is 1.34. The molecule has 4 nitrogen and oxygen atoms in total. The van der Waals surface area contributed by atoms with Crippen molar-refractivity contribution < 1.29 is 26.3 Å². The highest BCUT2D eigenvalue weighted by Crippen LogP contribution is 2.34. The topological polar surface area (TPSA) is 43.1 Å². The van der Waals surface area contributed by atoms with E-state index in [-0.39, 0.29) is 16.6 Å². The second kappa shape index (κ2) is 4.31. The van der Waals surface area contributed by atoms with Gasteiger partial charge in [-0.2, -0.15) is 26.3 Å². The van der Waals surface area contributed by atoms with Crippen molar-refractivity contribution in [3.63, 3.8) is 0 Å². The first kappa shape index (κ1) is 14.5. The summed E-state index contributed by atoms with van der Waals surface area (Å²) >= 11 is 0. The van der Waals surface area contributed by atoms with Crippen LogP contribution in [0.4, 0.5) is 26.3 Å². The van der Waals surface area contributed by atoms with Crippen LogP contribution in [0.3, 0.4) is 0 Å².